The number of alkyl halides is 3. The molecule has 0 unspecified atom stereocenters. The number of carbonyl (C=O) groups excluding carboxylic acids is 1. The van der Waals surface area contributed by atoms with E-state index < -0.39 is 41.1 Å². The predicted octanol–water partition coefficient (Wildman–Crippen LogP) is 5.69. The molecule has 0 bridgehead atoms. The van der Waals surface area contributed by atoms with E-state index in [1.54, 1.807) is 0 Å². The highest BCUT2D eigenvalue weighted by Crippen LogP contribution is 2.42. The Kier molecular flexibility index (Phi) is 9.34. The SMILES string of the molecule is COc1c(F)cc(-c2nc(NC(=O)c3cnc(N4CCC(C(=O)O)CC4)cn3)sc2CN2CCCC[C@H]2C)cc1C(F)(F)F. The monoisotopic (exact) mass is 636 g/mol. The lowest BCUT2D eigenvalue weighted by molar-refractivity contribution is -0.142. The highest BCUT2D eigenvalue weighted by atomic mass is 32.1. The number of nitrogens with one attached hydrogen (secondary N) is 1. The van der Waals surface area contributed by atoms with Crippen LogP contribution in [-0.4, -0.2) is 69.6 Å². The molecule has 0 radical (unpaired) electrons. The molecule has 1 atom stereocenters. The number of aliphatic carboxylic acids is 1. The van der Waals surface area contributed by atoms with Crippen molar-refractivity contribution >= 4 is 34.2 Å². The third-order valence-electron chi connectivity index (χ3n) is 8.07. The summed E-state index contributed by atoms with van der Waals surface area (Å²) in [4.78, 5) is 42.0. The van der Waals surface area contributed by atoms with Crippen molar-refractivity contribution in [2.24, 2.45) is 5.92 Å². The number of piperidine rings is 2. The van der Waals surface area contributed by atoms with E-state index in [1.807, 2.05) is 4.90 Å². The van der Waals surface area contributed by atoms with E-state index >= 15 is 0 Å². The standard InChI is InChI=1S/C29H32F4N6O4S/c1-16-5-3-4-8-39(16)15-22-24(18-11-19(29(31,32)33)25(43-2)20(30)12-18)36-28(44-22)37-26(40)21-13-35-23(14-34-21)38-9-6-17(7-10-38)27(41)42/h11-14,16-17H,3-10,15H2,1-2H3,(H,41,42)(H,36,37,40)/t16-/m1/s1. The Balaban J connectivity index is 1.40. The van der Waals surface area contributed by atoms with E-state index in [9.17, 15) is 32.3 Å². The number of benzene rings is 1. The topological polar surface area (TPSA) is 121 Å². The molecule has 2 aliphatic rings. The third-order valence-corrected chi connectivity index (χ3v) is 9.03. The summed E-state index contributed by atoms with van der Waals surface area (Å²) >= 11 is 1.11. The van der Waals surface area contributed by atoms with Gasteiger partial charge in [0.1, 0.15) is 17.1 Å². The Labute approximate surface area is 255 Å². The fourth-order valence-corrected chi connectivity index (χ4v) is 6.59. The molecule has 15 heteroatoms. The highest BCUT2D eigenvalue weighted by Gasteiger charge is 2.37. The molecule has 4 heterocycles. The summed E-state index contributed by atoms with van der Waals surface area (Å²) in [6.45, 7) is 4.24. The quantitative estimate of drug-likeness (QED) is 0.300. The lowest BCUT2D eigenvalue weighted by Crippen LogP contribution is -2.36. The molecule has 0 spiro atoms. The molecule has 0 aliphatic carbocycles. The number of likely N-dealkylation sites (tertiary alicyclic amines) is 1. The van der Waals surface area contributed by atoms with Crippen molar-refractivity contribution in [3.05, 3.63) is 46.5 Å². The number of carboxylic acids is 1. The van der Waals surface area contributed by atoms with Crippen LogP contribution in [0.3, 0.4) is 0 Å². The molecule has 236 valence electrons. The molecule has 1 aromatic carbocycles. The van der Waals surface area contributed by atoms with Gasteiger partial charge in [-0.2, -0.15) is 13.2 Å². The smallest absolute Gasteiger partial charge is 0.420 e. The summed E-state index contributed by atoms with van der Waals surface area (Å²) in [5.74, 6) is -3.39. The maximum absolute atomic E-state index is 14.9. The maximum Gasteiger partial charge on any atom is 0.420 e. The van der Waals surface area contributed by atoms with Crippen molar-refractivity contribution in [3.8, 4) is 17.0 Å². The molecular formula is C29H32F4N6O4S. The maximum atomic E-state index is 14.9. The van der Waals surface area contributed by atoms with Gasteiger partial charge in [-0.15, -0.1) is 0 Å². The summed E-state index contributed by atoms with van der Waals surface area (Å²) in [7, 11) is 0.976. The third kappa shape index (κ3) is 6.93. The van der Waals surface area contributed by atoms with E-state index in [0.717, 1.165) is 56.4 Å². The Morgan fingerprint density at radius 3 is 2.48 bits per heavy atom. The number of amides is 1. The Morgan fingerprint density at radius 2 is 1.86 bits per heavy atom. The summed E-state index contributed by atoms with van der Waals surface area (Å²) in [6, 6.07) is 2.01. The highest BCUT2D eigenvalue weighted by molar-refractivity contribution is 7.16. The molecule has 44 heavy (non-hydrogen) atoms. The van der Waals surface area contributed by atoms with Crippen LogP contribution in [0.1, 0.15) is 60.0 Å². The van der Waals surface area contributed by atoms with Crippen molar-refractivity contribution in [3.63, 3.8) is 0 Å². The number of anilines is 2. The molecule has 2 fully saturated rings. The zero-order valence-corrected chi connectivity index (χ0v) is 25.0. The number of hydrogen-bond donors (Lipinski definition) is 2. The second kappa shape index (κ2) is 13.0. The molecule has 5 rings (SSSR count). The van der Waals surface area contributed by atoms with Gasteiger partial charge in [-0.1, -0.05) is 17.8 Å². The van der Waals surface area contributed by atoms with Gasteiger partial charge in [0.2, 0.25) is 0 Å². The van der Waals surface area contributed by atoms with Crippen LogP contribution in [0.4, 0.5) is 28.5 Å². The first-order valence-corrected chi connectivity index (χ1v) is 15.1. The molecule has 10 nitrogen and oxygen atoms in total. The summed E-state index contributed by atoms with van der Waals surface area (Å²) in [5, 5.41) is 12.0. The predicted molar refractivity (Wildman–Crippen MR) is 155 cm³/mol. The Bertz CT molecular complexity index is 1510. The van der Waals surface area contributed by atoms with Crippen LogP contribution in [0.25, 0.3) is 11.3 Å². The minimum Gasteiger partial charge on any atom is -0.493 e. The van der Waals surface area contributed by atoms with Crippen molar-refractivity contribution in [1.82, 2.24) is 19.9 Å². The van der Waals surface area contributed by atoms with Crippen LogP contribution in [0.15, 0.2) is 24.5 Å². The number of rotatable bonds is 8. The van der Waals surface area contributed by atoms with E-state index in [4.69, 9.17) is 4.74 Å². The summed E-state index contributed by atoms with van der Waals surface area (Å²) in [6.07, 6.45) is 1.85. The van der Waals surface area contributed by atoms with Gasteiger partial charge in [0.15, 0.2) is 16.7 Å². The second-order valence-corrected chi connectivity index (χ2v) is 12.0. The van der Waals surface area contributed by atoms with Crippen LogP contribution in [0.2, 0.25) is 0 Å². The first-order chi connectivity index (χ1) is 20.9. The van der Waals surface area contributed by atoms with Gasteiger partial charge in [-0.3, -0.25) is 19.8 Å². The van der Waals surface area contributed by atoms with Crippen molar-refractivity contribution < 1.29 is 37.0 Å². The zero-order valence-electron chi connectivity index (χ0n) is 24.2. The molecule has 1 amide bonds. The van der Waals surface area contributed by atoms with Crippen molar-refractivity contribution in [2.45, 2.75) is 57.8 Å². The van der Waals surface area contributed by atoms with E-state index in [1.165, 1.54) is 12.4 Å². The number of aromatic nitrogens is 3. The first kappa shape index (κ1) is 31.6. The van der Waals surface area contributed by atoms with Gasteiger partial charge < -0.3 is 14.7 Å². The minimum atomic E-state index is -4.87. The lowest BCUT2D eigenvalue weighted by Gasteiger charge is -2.33. The van der Waals surface area contributed by atoms with Crippen LogP contribution in [0.5, 0.6) is 5.75 Å². The molecule has 3 aromatic rings. The van der Waals surface area contributed by atoms with Gasteiger partial charge in [-0.25, -0.2) is 19.3 Å². The molecule has 2 saturated heterocycles. The average Bonchev–Trinajstić information content (AvgIpc) is 3.39. The summed E-state index contributed by atoms with van der Waals surface area (Å²) in [5.41, 5.74) is -1.20. The van der Waals surface area contributed by atoms with Crippen LogP contribution < -0.4 is 15.0 Å². The molecule has 2 N–H and O–H groups in total. The average molecular weight is 637 g/mol. The van der Waals surface area contributed by atoms with Crippen LogP contribution in [-0.2, 0) is 17.5 Å². The number of methoxy groups -OCH3 is 1. The Morgan fingerprint density at radius 1 is 1.11 bits per heavy atom. The largest absolute Gasteiger partial charge is 0.493 e. The van der Waals surface area contributed by atoms with E-state index in [2.05, 4.69) is 32.1 Å². The number of ether oxygens (including phenoxy) is 1. The van der Waals surface area contributed by atoms with E-state index in [-0.39, 0.29) is 28.1 Å². The number of hydrogen-bond acceptors (Lipinski definition) is 9. The number of halogens is 4. The lowest BCUT2D eigenvalue weighted by atomic mass is 9.97. The first-order valence-electron chi connectivity index (χ1n) is 14.2. The fourth-order valence-electron chi connectivity index (χ4n) is 5.58. The minimum absolute atomic E-state index is 0.00743. The number of thiazole rings is 1. The number of carboxylic acid groups (broad SMARTS) is 1. The zero-order chi connectivity index (χ0) is 31.6. The summed E-state index contributed by atoms with van der Waals surface area (Å²) < 4.78 is 61.1. The van der Waals surface area contributed by atoms with Crippen molar-refractivity contribution in [2.75, 3.05) is 37.0 Å². The molecule has 0 saturated carbocycles. The second-order valence-electron chi connectivity index (χ2n) is 11.0. The number of nitrogens with zero attached hydrogens (tertiary/aromatic N) is 5. The van der Waals surface area contributed by atoms with Gasteiger partial charge in [0.25, 0.3) is 5.91 Å². The van der Waals surface area contributed by atoms with Crippen molar-refractivity contribution in [1.29, 1.82) is 0 Å². The van der Waals surface area contributed by atoms with Crippen LogP contribution in [0, 0.1) is 11.7 Å². The van der Waals surface area contributed by atoms with Gasteiger partial charge >= 0.3 is 12.1 Å². The molecule has 2 aliphatic heterocycles. The van der Waals surface area contributed by atoms with Gasteiger partial charge in [0, 0.05) is 36.1 Å². The normalized spacial score (nSPS) is 18.3. The van der Waals surface area contributed by atoms with Gasteiger partial charge in [-0.05, 0) is 51.3 Å². The fraction of sp³-hybridized carbons (Fsp3) is 0.483. The molecular weight excluding hydrogens is 604 g/mol. The van der Waals surface area contributed by atoms with E-state index in [0.29, 0.717) is 43.2 Å². The van der Waals surface area contributed by atoms with Gasteiger partial charge in [0.05, 0.1) is 31.1 Å². The molecule has 2 aromatic heterocycles. The van der Waals surface area contributed by atoms with Crippen LogP contribution >= 0.6 is 11.3 Å². The Hall–Kier alpha value is -3.85. The number of carbonyl (C=O) groups is 2.